The molecule has 2 heterocycles. The summed E-state index contributed by atoms with van der Waals surface area (Å²) < 4.78 is 14.7. The van der Waals surface area contributed by atoms with E-state index in [1.54, 1.807) is 18.0 Å². The van der Waals surface area contributed by atoms with Crippen LogP contribution in [0.5, 0.6) is 0 Å². The lowest BCUT2D eigenvalue weighted by Crippen LogP contribution is -2.31. The number of anilines is 1. The summed E-state index contributed by atoms with van der Waals surface area (Å²) in [5.41, 5.74) is 3.41. The van der Waals surface area contributed by atoms with Crippen LogP contribution in [0.1, 0.15) is 67.6 Å². The summed E-state index contributed by atoms with van der Waals surface area (Å²) in [6.07, 6.45) is 5.97. The van der Waals surface area contributed by atoms with Gasteiger partial charge in [-0.3, -0.25) is 9.59 Å². The maximum Gasteiger partial charge on any atom is 0.303 e. The summed E-state index contributed by atoms with van der Waals surface area (Å²) >= 11 is 1.64. The average molecular weight is 554 g/mol. The number of nitrogens with one attached hydrogen (secondary N) is 1. The summed E-state index contributed by atoms with van der Waals surface area (Å²) in [5.74, 6) is -0.188. The van der Waals surface area contributed by atoms with Gasteiger partial charge in [0.25, 0.3) is 0 Å². The second-order valence-electron chi connectivity index (χ2n) is 9.61. The van der Waals surface area contributed by atoms with Gasteiger partial charge in [0, 0.05) is 55.7 Å². The van der Waals surface area contributed by atoms with E-state index in [0.29, 0.717) is 37.8 Å². The van der Waals surface area contributed by atoms with Crippen LogP contribution in [0.3, 0.4) is 0 Å². The first-order valence-corrected chi connectivity index (χ1v) is 14.1. The topological polar surface area (TPSA) is 123 Å². The first kappa shape index (κ1) is 28.8. The van der Waals surface area contributed by atoms with Crippen molar-refractivity contribution in [2.24, 2.45) is 7.05 Å². The molecule has 2 aromatic carbocycles. The molecular weight excluding hydrogens is 518 g/mol. The van der Waals surface area contributed by atoms with Gasteiger partial charge in [0.15, 0.2) is 11.4 Å². The third kappa shape index (κ3) is 8.66. The number of carboxylic acids is 1. The van der Waals surface area contributed by atoms with E-state index in [2.05, 4.69) is 10.3 Å². The number of carboxylic acid groups (broad SMARTS) is 1. The highest BCUT2D eigenvalue weighted by atomic mass is 32.2. The van der Waals surface area contributed by atoms with Gasteiger partial charge in [0.2, 0.25) is 5.91 Å². The molecule has 3 N–H and O–H groups in total. The van der Waals surface area contributed by atoms with Crippen molar-refractivity contribution in [2.45, 2.75) is 68.8 Å². The summed E-state index contributed by atoms with van der Waals surface area (Å²) in [6, 6.07) is 15.3. The maximum absolute atomic E-state index is 12.3. The van der Waals surface area contributed by atoms with Gasteiger partial charge in [-0.15, -0.1) is 0 Å². The molecule has 4 rings (SSSR count). The largest absolute Gasteiger partial charge is 0.481 e. The van der Waals surface area contributed by atoms with Gasteiger partial charge in [0.05, 0.1) is 18.8 Å². The Bertz CT molecular complexity index is 1210. The minimum Gasteiger partial charge on any atom is -0.481 e. The van der Waals surface area contributed by atoms with Crippen LogP contribution in [0, 0.1) is 0 Å². The van der Waals surface area contributed by atoms with Crippen LogP contribution >= 0.6 is 11.8 Å². The highest BCUT2D eigenvalue weighted by Crippen LogP contribution is 2.39. The Morgan fingerprint density at radius 1 is 1.03 bits per heavy atom. The first-order chi connectivity index (χ1) is 18.9. The van der Waals surface area contributed by atoms with Gasteiger partial charge in [-0.05, 0) is 36.1 Å². The van der Waals surface area contributed by atoms with Crippen LogP contribution in [-0.4, -0.2) is 43.5 Å². The van der Waals surface area contributed by atoms with E-state index in [1.165, 1.54) is 0 Å². The summed E-state index contributed by atoms with van der Waals surface area (Å²) in [7, 11) is 1.97. The maximum atomic E-state index is 12.3. The van der Waals surface area contributed by atoms with Gasteiger partial charge in [-0.1, -0.05) is 54.6 Å². The molecule has 39 heavy (non-hydrogen) atoms. The molecule has 0 radical (unpaired) electrons. The second-order valence-corrected chi connectivity index (χ2v) is 10.6. The van der Waals surface area contributed by atoms with E-state index >= 15 is 0 Å². The van der Waals surface area contributed by atoms with Gasteiger partial charge in [-0.25, -0.2) is 4.98 Å². The Balaban J connectivity index is 1.38. The lowest BCUT2D eigenvalue weighted by molar-refractivity contribution is -0.245. The van der Waals surface area contributed by atoms with Gasteiger partial charge in [0.1, 0.15) is 0 Å². The monoisotopic (exact) mass is 553 g/mol. The van der Waals surface area contributed by atoms with E-state index in [1.807, 2.05) is 66.3 Å². The standard InChI is InChI=1S/C29H35N3O6S/c1-32-16-15-30-29(32)39-19-24-17-25(21-9-7-20(18-33)8-10-21)38-28(37-24)22-11-13-23(14-12-22)31-26(34)5-3-2-4-6-27(35)36/h7-16,24-25,28,33H,2-6,17-19H2,1H3,(H,31,34)(H,35,36)/t24-,25+,28+/m1/s1. The number of aliphatic hydroxyl groups is 1. The molecule has 1 fully saturated rings. The van der Waals surface area contributed by atoms with Crippen LogP contribution in [0.2, 0.25) is 0 Å². The molecular formula is C29H35N3O6S. The van der Waals surface area contributed by atoms with Crippen LogP contribution in [-0.2, 0) is 32.7 Å². The number of unbranched alkanes of at least 4 members (excludes halogenated alkanes) is 2. The highest BCUT2D eigenvalue weighted by Gasteiger charge is 2.32. The third-order valence-corrected chi connectivity index (χ3v) is 7.74. The Labute approximate surface area is 232 Å². The number of carbonyl (C=O) groups is 2. The molecule has 9 nitrogen and oxygen atoms in total. The van der Waals surface area contributed by atoms with Crippen molar-refractivity contribution >= 4 is 29.3 Å². The number of benzene rings is 2. The van der Waals surface area contributed by atoms with Crippen molar-refractivity contribution in [1.82, 2.24) is 9.55 Å². The molecule has 3 atom stereocenters. The fourth-order valence-electron chi connectivity index (χ4n) is 4.37. The van der Waals surface area contributed by atoms with Gasteiger partial charge >= 0.3 is 5.97 Å². The fourth-order valence-corrected chi connectivity index (χ4v) is 5.32. The number of carbonyl (C=O) groups excluding carboxylic acids is 1. The Kier molecular flexibility index (Phi) is 10.5. The zero-order chi connectivity index (χ0) is 27.6. The summed E-state index contributed by atoms with van der Waals surface area (Å²) in [4.78, 5) is 27.3. The molecule has 1 aliphatic rings. The molecule has 0 saturated carbocycles. The quantitative estimate of drug-likeness (QED) is 0.194. The highest BCUT2D eigenvalue weighted by molar-refractivity contribution is 7.99. The number of ether oxygens (including phenoxy) is 2. The SMILES string of the molecule is Cn1ccnc1SC[C@H]1C[C@@H](c2ccc(CO)cc2)O[C@@H](c2ccc(NC(=O)CCCCCC(=O)O)cc2)O1. The number of aliphatic hydroxyl groups excluding tert-OH is 1. The van der Waals surface area contributed by atoms with E-state index in [0.717, 1.165) is 27.6 Å². The predicted octanol–water partition coefficient (Wildman–Crippen LogP) is 5.22. The smallest absolute Gasteiger partial charge is 0.303 e. The molecule has 1 aliphatic heterocycles. The van der Waals surface area contributed by atoms with Crippen molar-refractivity contribution in [1.29, 1.82) is 0 Å². The van der Waals surface area contributed by atoms with E-state index in [4.69, 9.17) is 14.6 Å². The summed E-state index contributed by atoms with van der Waals surface area (Å²) in [5, 5.41) is 21.9. The number of hydrogen-bond donors (Lipinski definition) is 3. The number of rotatable bonds is 13. The third-order valence-electron chi connectivity index (χ3n) is 6.55. The molecule has 1 amide bonds. The van der Waals surface area contributed by atoms with Gasteiger partial charge < -0.3 is 29.6 Å². The number of nitrogens with zero attached hydrogens (tertiary/aromatic N) is 2. The molecule has 0 aliphatic carbocycles. The van der Waals surface area contributed by atoms with E-state index < -0.39 is 12.3 Å². The van der Waals surface area contributed by atoms with Crippen molar-refractivity contribution in [3.63, 3.8) is 0 Å². The van der Waals surface area contributed by atoms with Crippen LogP contribution < -0.4 is 5.32 Å². The van der Waals surface area contributed by atoms with Crippen LogP contribution in [0.25, 0.3) is 0 Å². The van der Waals surface area contributed by atoms with Crippen molar-refractivity contribution in [3.8, 4) is 0 Å². The number of hydrogen-bond acceptors (Lipinski definition) is 7. The molecule has 0 bridgehead atoms. The Hall–Kier alpha value is -3.18. The zero-order valence-electron chi connectivity index (χ0n) is 22.0. The van der Waals surface area contributed by atoms with Gasteiger partial charge in [-0.2, -0.15) is 0 Å². The average Bonchev–Trinajstić information content (AvgIpc) is 3.36. The molecule has 0 unspecified atom stereocenters. The molecule has 0 spiro atoms. The molecule has 1 saturated heterocycles. The van der Waals surface area contributed by atoms with E-state index in [9.17, 15) is 14.7 Å². The van der Waals surface area contributed by atoms with Crippen LogP contribution in [0.4, 0.5) is 5.69 Å². The number of imidazole rings is 1. The first-order valence-electron chi connectivity index (χ1n) is 13.1. The van der Waals surface area contributed by atoms with Crippen molar-refractivity contribution in [2.75, 3.05) is 11.1 Å². The minimum atomic E-state index is -0.811. The number of amides is 1. The molecule has 1 aromatic heterocycles. The summed E-state index contributed by atoms with van der Waals surface area (Å²) in [6.45, 7) is -0.00587. The fraction of sp³-hybridized carbons (Fsp3) is 0.414. The normalized spacial score (nSPS) is 19.1. The number of thioether (sulfide) groups is 1. The van der Waals surface area contributed by atoms with Crippen molar-refractivity contribution < 1.29 is 29.3 Å². The molecule has 208 valence electrons. The predicted molar refractivity (Wildman–Crippen MR) is 148 cm³/mol. The van der Waals surface area contributed by atoms with Crippen molar-refractivity contribution in [3.05, 3.63) is 77.6 Å². The number of aryl methyl sites for hydroxylation is 1. The lowest BCUT2D eigenvalue weighted by atomic mass is 10.0. The number of aliphatic carboxylic acids is 1. The minimum absolute atomic E-state index is 0.00587. The Morgan fingerprint density at radius 2 is 1.74 bits per heavy atom. The van der Waals surface area contributed by atoms with Crippen LogP contribution in [0.15, 0.2) is 66.1 Å². The number of aromatic nitrogens is 2. The lowest BCUT2D eigenvalue weighted by Gasteiger charge is -2.36. The zero-order valence-corrected chi connectivity index (χ0v) is 22.8. The molecule has 10 heteroatoms. The van der Waals surface area contributed by atoms with E-state index in [-0.39, 0.29) is 31.1 Å². The molecule has 3 aromatic rings. The Morgan fingerprint density at radius 3 is 2.41 bits per heavy atom. The second kappa shape index (κ2) is 14.3.